The van der Waals surface area contributed by atoms with Crippen molar-refractivity contribution in [3.8, 4) is 0 Å². The van der Waals surface area contributed by atoms with E-state index in [9.17, 15) is 9.18 Å². The molecule has 0 bridgehead atoms. The minimum atomic E-state index is -1.23. The summed E-state index contributed by atoms with van der Waals surface area (Å²) in [6, 6.07) is 4.65. The van der Waals surface area contributed by atoms with Crippen LogP contribution in [-0.2, 0) is 6.54 Å². The number of carboxylic acid groups (broad SMARTS) is 1. The Bertz CT molecular complexity index is 509. The van der Waals surface area contributed by atoms with Crippen LogP contribution >= 0.6 is 0 Å². The number of hydrogen-bond donors (Lipinski definition) is 2. The molecule has 4 heteroatoms. The van der Waals surface area contributed by atoms with Gasteiger partial charge in [0.1, 0.15) is 5.82 Å². The number of halogens is 1. The first-order valence-corrected chi connectivity index (χ1v) is 6.43. The third-order valence-electron chi connectivity index (χ3n) is 4.79. The van der Waals surface area contributed by atoms with Gasteiger partial charge in [-0.15, -0.1) is 0 Å². The number of benzene rings is 1. The van der Waals surface area contributed by atoms with E-state index in [0.29, 0.717) is 12.6 Å². The Morgan fingerprint density at radius 1 is 1.32 bits per heavy atom. The molecule has 3 nitrogen and oxygen atoms in total. The van der Waals surface area contributed by atoms with E-state index in [4.69, 9.17) is 5.11 Å². The Morgan fingerprint density at radius 2 is 1.89 bits per heavy atom. The van der Waals surface area contributed by atoms with Crippen molar-refractivity contribution in [3.63, 3.8) is 0 Å². The highest BCUT2D eigenvalue weighted by molar-refractivity contribution is 5.87. The maximum absolute atomic E-state index is 13.5. The van der Waals surface area contributed by atoms with Crippen LogP contribution in [0, 0.1) is 16.6 Å². The lowest BCUT2D eigenvalue weighted by Crippen LogP contribution is -2.21. The van der Waals surface area contributed by atoms with Crippen LogP contribution in [0.1, 0.15) is 43.6 Å². The highest BCUT2D eigenvalue weighted by atomic mass is 19.1. The Labute approximate surface area is 112 Å². The SMILES string of the molecule is CC1(C)C(NCc2ccc(C(=O)O)c(F)c2)C1(C)C. The molecule has 0 heterocycles. The van der Waals surface area contributed by atoms with Gasteiger partial charge in [-0.1, -0.05) is 33.8 Å². The Balaban J connectivity index is 2.02. The van der Waals surface area contributed by atoms with Crippen LogP contribution in [0.2, 0.25) is 0 Å². The van der Waals surface area contributed by atoms with Gasteiger partial charge in [0.05, 0.1) is 5.56 Å². The predicted molar refractivity (Wildman–Crippen MR) is 71.5 cm³/mol. The molecule has 0 radical (unpaired) electrons. The zero-order valence-corrected chi connectivity index (χ0v) is 11.7. The first-order chi connectivity index (χ1) is 8.68. The summed E-state index contributed by atoms with van der Waals surface area (Å²) in [7, 11) is 0. The second-order valence-corrected chi connectivity index (χ2v) is 6.38. The first kappa shape index (κ1) is 14.0. The Kier molecular flexibility index (Phi) is 3.17. The van der Waals surface area contributed by atoms with Crippen LogP contribution < -0.4 is 5.32 Å². The third kappa shape index (κ3) is 2.25. The quantitative estimate of drug-likeness (QED) is 0.879. The Hall–Kier alpha value is -1.42. The van der Waals surface area contributed by atoms with Gasteiger partial charge in [-0.2, -0.15) is 0 Å². The molecule has 0 unspecified atom stereocenters. The van der Waals surface area contributed by atoms with Gasteiger partial charge < -0.3 is 10.4 Å². The van der Waals surface area contributed by atoms with E-state index in [1.54, 1.807) is 6.07 Å². The largest absolute Gasteiger partial charge is 0.478 e. The summed E-state index contributed by atoms with van der Waals surface area (Å²) < 4.78 is 13.5. The Morgan fingerprint density at radius 3 is 2.32 bits per heavy atom. The maximum atomic E-state index is 13.5. The van der Waals surface area contributed by atoms with E-state index in [0.717, 1.165) is 5.56 Å². The maximum Gasteiger partial charge on any atom is 0.338 e. The molecule has 2 N–H and O–H groups in total. The minimum absolute atomic E-state index is 0.229. The van der Waals surface area contributed by atoms with Crippen molar-refractivity contribution in [2.24, 2.45) is 10.8 Å². The normalized spacial score (nSPS) is 20.3. The van der Waals surface area contributed by atoms with E-state index in [1.807, 2.05) is 0 Å². The molecule has 1 saturated carbocycles. The van der Waals surface area contributed by atoms with Crippen LogP contribution in [0.25, 0.3) is 0 Å². The molecule has 0 aromatic heterocycles. The fraction of sp³-hybridized carbons (Fsp3) is 0.533. The van der Waals surface area contributed by atoms with E-state index in [1.165, 1.54) is 12.1 Å². The predicted octanol–water partition coefficient (Wildman–Crippen LogP) is 3.05. The summed E-state index contributed by atoms with van der Waals surface area (Å²) in [5.74, 6) is -1.91. The lowest BCUT2D eigenvalue weighted by atomic mass is 10.0. The molecule has 19 heavy (non-hydrogen) atoms. The van der Waals surface area contributed by atoms with Crippen molar-refractivity contribution in [2.45, 2.75) is 40.3 Å². The standard InChI is InChI=1S/C15H20FNO2/c1-14(2)13(15(14,3)4)17-8-9-5-6-10(12(18)19)11(16)7-9/h5-7,13,17H,8H2,1-4H3,(H,18,19). The molecular weight excluding hydrogens is 245 g/mol. The highest BCUT2D eigenvalue weighted by Crippen LogP contribution is 2.62. The lowest BCUT2D eigenvalue weighted by molar-refractivity contribution is 0.0692. The number of rotatable bonds is 4. The van der Waals surface area contributed by atoms with Crippen LogP contribution in [0.5, 0.6) is 0 Å². The fourth-order valence-electron chi connectivity index (χ4n) is 2.77. The van der Waals surface area contributed by atoms with E-state index < -0.39 is 11.8 Å². The molecule has 1 aliphatic carbocycles. The van der Waals surface area contributed by atoms with Crippen LogP contribution in [-0.4, -0.2) is 17.1 Å². The molecule has 0 atom stereocenters. The van der Waals surface area contributed by atoms with Crippen molar-refractivity contribution in [1.29, 1.82) is 0 Å². The van der Waals surface area contributed by atoms with E-state index in [2.05, 4.69) is 33.0 Å². The molecule has 104 valence electrons. The molecule has 1 aromatic carbocycles. The summed E-state index contributed by atoms with van der Waals surface area (Å²) in [5.41, 5.74) is 0.941. The van der Waals surface area contributed by atoms with Gasteiger partial charge >= 0.3 is 5.97 Å². The van der Waals surface area contributed by atoms with Crippen molar-refractivity contribution >= 4 is 5.97 Å². The molecule has 2 rings (SSSR count). The monoisotopic (exact) mass is 265 g/mol. The van der Waals surface area contributed by atoms with Crippen molar-refractivity contribution in [3.05, 3.63) is 35.1 Å². The zero-order chi connectivity index (χ0) is 14.4. The lowest BCUT2D eigenvalue weighted by Gasteiger charge is -2.07. The molecule has 1 fully saturated rings. The molecular formula is C15H20FNO2. The summed E-state index contributed by atoms with van der Waals surface area (Å²) in [6.45, 7) is 9.38. The van der Waals surface area contributed by atoms with Gasteiger partial charge in [0.25, 0.3) is 0 Å². The molecule has 0 spiro atoms. The smallest absolute Gasteiger partial charge is 0.338 e. The molecule has 0 aliphatic heterocycles. The van der Waals surface area contributed by atoms with Gasteiger partial charge in [0.2, 0.25) is 0 Å². The molecule has 0 amide bonds. The summed E-state index contributed by atoms with van der Waals surface area (Å²) in [5, 5.41) is 12.2. The average Bonchev–Trinajstić information content (AvgIpc) is 2.66. The van der Waals surface area contributed by atoms with Crippen molar-refractivity contribution < 1.29 is 14.3 Å². The van der Waals surface area contributed by atoms with Crippen LogP contribution in [0.15, 0.2) is 18.2 Å². The summed E-state index contributed by atoms with van der Waals surface area (Å²) in [6.07, 6.45) is 0. The molecule has 1 aromatic rings. The van der Waals surface area contributed by atoms with E-state index >= 15 is 0 Å². The number of hydrogen-bond acceptors (Lipinski definition) is 2. The zero-order valence-electron chi connectivity index (χ0n) is 11.7. The number of carbonyl (C=O) groups is 1. The minimum Gasteiger partial charge on any atom is -0.478 e. The topological polar surface area (TPSA) is 49.3 Å². The highest BCUT2D eigenvalue weighted by Gasteiger charge is 2.64. The van der Waals surface area contributed by atoms with Crippen LogP contribution in [0.3, 0.4) is 0 Å². The average molecular weight is 265 g/mol. The fourth-order valence-corrected chi connectivity index (χ4v) is 2.77. The summed E-state index contributed by atoms with van der Waals surface area (Å²) in [4.78, 5) is 10.7. The van der Waals surface area contributed by atoms with Gasteiger partial charge in [0.15, 0.2) is 0 Å². The number of nitrogens with one attached hydrogen (secondary N) is 1. The van der Waals surface area contributed by atoms with Gasteiger partial charge in [-0.25, -0.2) is 9.18 Å². The summed E-state index contributed by atoms with van der Waals surface area (Å²) >= 11 is 0. The third-order valence-corrected chi connectivity index (χ3v) is 4.79. The van der Waals surface area contributed by atoms with Gasteiger partial charge in [0, 0.05) is 12.6 Å². The van der Waals surface area contributed by atoms with Gasteiger partial charge in [-0.05, 0) is 28.5 Å². The van der Waals surface area contributed by atoms with Crippen molar-refractivity contribution in [1.82, 2.24) is 5.32 Å². The van der Waals surface area contributed by atoms with Gasteiger partial charge in [-0.3, -0.25) is 0 Å². The second kappa shape index (κ2) is 4.30. The molecule has 1 aliphatic rings. The molecule has 0 saturated heterocycles. The number of aromatic carboxylic acids is 1. The number of carboxylic acids is 1. The first-order valence-electron chi connectivity index (χ1n) is 6.43. The van der Waals surface area contributed by atoms with E-state index in [-0.39, 0.29) is 16.4 Å². The second-order valence-electron chi connectivity index (χ2n) is 6.38. The van der Waals surface area contributed by atoms with Crippen molar-refractivity contribution in [2.75, 3.05) is 0 Å². The van der Waals surface area contributed by atoms with Crippen LogP contribution in [0.4, 0.5) is 4.39 Å².